The van der Waals surface area contributed by atoms with Crippen molar-refractivity contribution in [2.45, 2.75) is 0 Å². The molecule has 0 bridgehead atoms. The van der Waals surface area contributed by atoms with Crippen LogP contribution in [-0.4, -0.2) is 18.3 Å². The van der Waals surface area contributed by atoms with Crippen molar-refractivity contribution in [3.05, 3.63) is 36.0 Å². The third-order valence-electron chi connectivity index (χ3n) is 1.92. The lowest BCUT2D eigenvalue weighted by Crippen LogP contribution is -1.77. The lowest BCUT2D eigenvalue weighted by molar-refractivity contribution is 0.215. The Morgan fingerprint density at radius 3 is 3.08 bits per heavy atom. The van der Waals surface area contributed by atoms with Crippen LogP contribution in [0, 0.1) is 0 Å². The van der Waals surface area contributed by atoms with Gasteiger partial charge in [-0.1, -0.05) is 23.4 Å². The second kappa shape index (κ2) is 3.31. The molecule has 0 radical (unpaired) electrons. The van der Waals surface area contributed by atoms with Crippen LogP contribution in [0.25, 0.3) is 10.9 Å². The van der Waals surface area contributed by atoms with Gasteiger partial charge in [0.2, 0.25) is 0 Å². The summed E-state index contributed by atoms with van der Waals surface area (Å²) in [4.78, 5) is 7.77. The van der Waals surface area contributed by atoms with E-state index in [2.05, 4.69) is 15.0 Å². The van der Waals surface area contributed by atoms with Crippen LogP contribution in [0.1, 0.15) is 5.56 Å². The molecule has 0 atom stereocenters. The fourth-order valence-electron chi connectivity index (χ4n) is 1.31. The van der Waals surface area contributed by atoms with E-state index in [9.17, 15) is 0 Å². The van der Waals surface area contributed by atoms with Crippen molar-refractivity contribution in [3.63, 3.8) is 0 Å². The summed E-state index contributed by atoms with van der Waals surface area (Å²) in [5.41, 5.74) is 2.15. The van der Waals surface area contributed by atoms with E-state index in [-0.39, 0.29) is 0 Å². The molecule has 1 heterocycles. The first-order chi connectivity index (χ1) is 6.42. The van der Waals surface area contributed by atoms with Gasteiger partial charge in [-0.15, -0.1) is 0 Å². The first kappa shape index (κ1) is 7.86. The van der Waals surface area contributed by atoms with Gasteiger partial charge in [0, 0.05) is 22.7 Å². The maximum absolute atomic E-state index is 4.62. The average molecular weight is 174 g/mol. The molecule has 66 valence electrons. The third kappa shape index (κ3) is 1.40. The lowest BCUT2D eigenvalue weighted by Gasteiger charge is -1.89. The highest BCUT2D eigenvalue weighted by atomic mass is 16.6. The molecule has 0 saturated carbocycles. The summed E-state index contributed by atoms with van der Waals surface area (Å²) in [5, 5.41) is 4.88. The van der Waals surface area contributed by atoms with Crippen molar-refractivity contribution in [2.24, 2.45) is 5.16 Å². The Labute approximate surface area is 76.0 Å². The van der Waals surface area contributed by atoms with Crippen LogP contribution in [0.4, 0.5) is 0 Å². The Hall–Kier alpha value is -1.77. The summed E-state index contributed by atoms with van der Waals surface area (Å²) in [7, 11) is 1.53. The molecule has 3 nitrogen and oxygen atoms in total. The fourth-order valence-corrected chi connectivity index (χ4v) is 1.31. The Morgan fingerprint density at radius 1 is 1.38 bits per heavy atom. The number of oxime groups is 1. The van der Waals surface area contributed by atoms with E-state index < -0.39 is 0 Å². The van der Waals surface area contributed by atoms with Crippen LogP contribution in [0.2, 0.25) is 0 Å². The minimum absolute atomic E-state index is 1.04. The number of hydrogen-bond donors (Lipinski definition) is 1. The number of H-pyrrole nitrogens is 1. The number of aromatic amines is 1. The summed E-state index contributed by atoms with van der Waals surface area (Å²) in [6, 6.07) is 8.07. The predicted octanol–water partition coefficient (Wildman–Crippen LogP) is 2.15. The lowest BCUT2D eigenvalue weighted by atomic mass is 10.2. The van der Waals surface area contributed by atoms with Gasteiger partial charge in [0.05, 0.1) is 6.21 Å². The van der Waals surface area contributed by atoms with Gasteiger partial charge in [0.1, 0.15) is 7.11 Å². The van der Waals surface area contributed by atoms with Crippen molar-refractivity contribution >= 4 is 17.1 Å². The Bertz CT molecular complexity index is 431. The number of nitrogens with zero attached hydrogens (tertiary/aromatic N) is 1. The van der Waals surface area contributed by atoms with Crippen molar-refractivity contribution in [3.8, 4) is 0 Å². The zero-order valence-corrected chi connectivity index (χ0v) is 7.32. The molecular weight excluding hydrogens is 164 g/mol. The Kier molecular flexibility index (Phi) is 2.00. The van der Waals surface area contributed by atoms with Crippen LogP contribution >= 0.6 is 0 Å². The molecule has 0 saturated heterocycles. The molecule has 3 heteroatoms. The summed E-state index contributed by atoms with van der Waals surface area (Å²) >= 11 is 0. The number of rotatable bonds is 2. The molecule has 13 heavy (non-hydrogen) atoms. The number of para-hydroxylation sites is 1. The van der Waals surface area contributed by atoms with Gasteiger partial charge in [-0.25, -0.2) is 0 Å². The van der Waals surface area contributed by atoms with Crippen LogP contribution in [0.5, 0.6) is 0 Å². The normalized spacial score (nSPS) is 11.2. The van der Waals surface area contributed by atoms with Crippen LogP contribution in [-0.2, 0) is 4.84 Å². The number of aromatic nitrogens is 1. The molecule has 0 fully saturated rings. The molecule has 2 aromatic rings. The first-order valence-corrected chi connectivity index (χ1v) is 4.04. The van der Waals surface area contributed by atoms with E-state index in [0.29, 0.717) is 0 Å². The van der Waals surface area contributed by atoms with E-state index >= 15 is 0 Å². The van der Waals surface area contributed by atoms with Gasteiger partial charge < -0.3 is 9.82 Å². The van der Waals surface area contributed by atoms with E-state index in [0.717, 1.165) is 16.5 Å². The van der Waals surface area contributed by atoms with Crippen molar-refractivity contribution in [1.29, 1.82) is 0 Å². The monoisotopic (exact) mass is 174 g/mol. The maximum atomic E-state index is 4.62. The molecule has 0 spiro atoms. The zero-order valence-electron chi connectivity index (χ0n) is 7.32. The summed E-state index contributed by atoms with van der Waals surface area (Å²) in [6.45, 7) is 0. The predicted molar refractivity (Wildman–Crippen MR) is 52.9 cm³/mol. The third-order valence-corrected chi connectivity index (χ3v) is 1.92. The van der Waals surface area contributed by atoms with E-state index in [4.69, 9.17) is 0 Å². The van der Waals surface area contributed by atoms with E-state index in [1.165, 1.54) is 7.11 Å². The molecule has 1 aromatic carbocycles. The van der Waals surface area contributed by atoms with Crippen molar-refractivity contribution in [2.75, 3.05) is 7.11 Å². The zero-order chi connectivity index (χ0) is 9.10. The molecule has 0 unspecified atom stereocenters. The first-order valence-electron chi connectivity index (χ1n) is 4.04. The molecule has 0 aliphatic heterocycles. The van der Waals surface area contributed by atoms with E-state index in [1.54, 1.807) is 6.21 Å². The second-order valence-electron chi connectivity index (χ2n) is 2.71. The number of hydrogen-bond acceptors (Lipinski definition) is 2. The molecular formula is C10H10N2O. The van der Waals surface area contributed by atoms with Crippen LogP contribution in [0.15, 0.2) is 35.6 Å². The van der Waals surface area contributed by atoms with Gasteiger partial charge in [-0.3, -0.25) is 0 Å². The Balaban J connectivity index is 2.52. The van der Waals surface area contributed by atoms with Gasteiger partial charge in [0.15, 0.2) is 0 Å². The quantitative estimate of drug-likeness (QED) is 0.549. The SMILES string of the molecule is CON=Cc1c[nH]c2ccccc12. The standard InChI is InChI=1S/C10H10N2O/c1-13-12-7-8-6-11-10-5-3-2-4-9(8)10/h2-7,11H,1H3. The largest absolute Gasteiger partial charge is 0.399 e. The summed E-state index contributed by atoms with van der Waals surface area (Å²) < 4.78 is 0. The minimum Gasteiger partial charge on any atom is -0.399 e. The number of benzene rings is 1. The van der Waals surface area contributed by atoms with E-state index in [1.807, 2.05) is 30.5 Å². The van der Waals surface area contributed by atoms with Gasteiger partial charge in [0.25, 0.3) is 0 Å². The second-order valence-corrected chi connectivity index (χ2v) is 2.71. The molecule has 0 aliphatic rings. The highest BCUT2D eigenvalue weighted by Crippen LogP contribution is 2.15. The maximum Gasteiger partial charge on any atom is 0.106 e. The van der Waals surface area contributed by atoms with Crippen molar-refractivity contribution in [1.82, 2.24) is 4.98 Å². The van der Waals surface area contributed by atoms with Gasteiger partial charge in [-0.2, -0.15) is 0 Å². The summed E-state index contributed by atoms with van der Waals surface area (Å²) in [5.74, 6) is 0. The highest BCUT2D eigenvalue weighted by molar-refractivity contribution is 5.98. The molecule has 1 N–H and O–H groups in total. The summed E-state index contributed by atoms with van der Waals surface area (Å²) in [6.07, 6.45) is 3.60. The number of nitrogens with one attached hydrogen (secondary N) is 1. The van der Waals surface area contributed by atoms with Crippen LogP contribution < -0.4 is 0 Å². The van der Waals surface area contributed by atoms with Gasteiger partial charge in [-0.05, 0) is 6.07 Å². The molecule has 0 amide bonds. The topological polar surface area (TPSA) is 37.4 Å². The average Bonchev–Trinajstić information content (AvgIpc) is 2.58. The fraction of sp³-hybridized carbons (Fsp3) is 0.100. The molecule has 0 aliphatic carbocycles. The highest BCUT2D eigenvalue weighted by Gasteiger charge is 1.98. The minimum atomic E-state index is 1.04. The van der Waals surface area contributed by atoms with Crippen molar-refractivity contribution < 1.29 is 4.84 Å². The molecule has 1 aromatic heterocycles. The Morgan fingerprint density at radius 2 is 2.23 bits per heavy atom. The van der Waals surface area contributed by atoms with Crippen LogP contribution in [0.3, 0.4) is 0 Å². The smallest absolute Gasteiger partial charge is 0.106 e. The molecule has 2 rings (SSSR count). The number of fused-ring (bicyclic) bond motifs is 1. The van der Waals surface area contributed by atoms with Gasteiger partial charge >= 0.3 is 0 Å².